The molecule has 0 aliphatic heterocycles. The van der Waals surface area contributed by atoms with Crippen LogP contribution in [0.15, 0.2) is 48.5 Å². The average Bonchev–Trinajstić information content (AvgIpc) is 2.53. The smallest absolute Gasteiger partial charge is 0.124 e. The number of hydrogen-bond donors (Lipinski definition) is 2. The maximum atomic E-state index is 9.32. The number of aliphatic hydroxyl groups is 1. The minimum atomic E-state index is -0.302. The van der Waals surface area contributed by atoms with Gasteiger partial charge in [-0.1, -0.05) is 48.0 Å². The van der Waals surface area contributed by atoms with Gasteiger partial charge in [0.1, 0.15) is 12.4 Å². The molecule has 2 N–H and O–H groups in total. The molecule has 23 heavy (non-hydrogen) atoms. The van der Waals surface area contributed by atoms with Crippen molar-refractivity contribution in [1.82, 2.24) is 5.32 Å². The number of nitrogens with one attached hydrogen (secondary N) is 1. The SMILES string of the molecule is Cc1ccc(COc2ccccc2CNC(C)(C)CO)cc1.Cl. The van der Waals surface area contributed by atoms with E-state index in [1.165, 1.54) is 5.56 Å². The first-order valence-corrected chi connectivity index (χ1v) is 7.62. The van der Waals surface area contributed by atoms with E-state index in [1.807, 2.05) is 38.1 Å². The second kappa shape index (κ2) is 8.92. The minimum absolute atomic E-state index is 0. The maximum absolute atomic E-state index is 9.32. The van der Waals surface area contributed by atoms with Crippen LogP contribution in [0.3, 0.4) is 0 Å². The van der Waals surface area contributed by atoms with Crippen LogP contribution >= 0.6 is 12.4 Å². The summed E-state index contributed by atoms with van der Waals surface area (Å²) in [6.07, 6.45) is 0. The summed E-state index contributed by atoms with van der Waals surface area (Å²) in [5.41, 5.74) is 3.20. The van der Waals surface area contributed by atoms with Crippen LogP contribution in [0.4, 0.5) is 0 Å². The molecule has 0 aliphatic rings. The van der Waals surface area contributed by atoms with Gasteiger partial charge in [-0.3, -0.25) is 0 Å². The van der Waals surface area contributed by atoms with Gasteiger partial charge < -0.3 is 15.2 Å². The highest BCUT2D eigenvalue weighted by atomic mass is 35.5. The predicted molar refractivity (Wildman–Crippen MR) is 97.2 cm³/mol. The normalized spacial score (nSPS) is 11.0. The lowest BCUT2D eigenvalue weighted by molar-refractivity contribution is 0.186. The highest BCUT2D eigenvalue weighted by Gasteiger charge is 2.15. The number of rotatable bonds is 7. The summed E-state index contributed by atoms with van der Waals surface area (Å²) in [4.78, 5) is 0. The lowest BCUT2D eigenvalue weighted by atomic mass is 10.1. The van der Waals surface area contributed by atoms with Gasteiger partial charge in [0, 0.05) is 17.6 Å². The quantitative estimate of drug-likeness (QED) is 0.807. The van der Waals surface area contributed by atoms with E-state index in [1.54, 1.807) is 0 Å². The fourth-order valence-corrected chi connectivity index (χ4v) is 2.03. The molecule has 0 saturated carbocycles. The Balaban J connectivity index is 0.00000264. The Morgan fingerprint density at radius 3 is 2.35 bits per heavy atom. The van der Waals surface area contributed by atoms with Gasteiger partial charge in [0.15, 0.2) is 0 Å². The van der Waals surface area contributed by atoms with E-state index in [-0.39, 0.29) is 24.6 Å². The zero-order valence-electron chi connectivity index (χ0n) is 14.0. The summed E-state index contributed by atoms with van der Waals surface area (Å²) in [6.45, 7) is 7.35. The van der Waals surface area contributed by atoms with Crippen LogP contribution in [0.5, 0.6) is 5.75 Å². The van der Waals surface area contributed by atoms with Crippen LogP contribution in [-0.2, 0) is 13.2 Å². The van der Waals surface area contributed by atoms with E-state index in [0.29, 0.717) is 13.2 Å². The van der Waals surface area contributed by atoms with Gasteiger partial charge in [0.25, 0.3) is 0 Å². The van der Waals surface area contributed by atoms with Crippen LogP contribution in [0.1, 0.15) is 30.5 Å². The van der Waals surface area contributed by atoms with E-state index < -0.39 is 0 Å². The van der Waals surface area contributed by atoms with Crippen molar-refractivity contribution in [1.29, 1.82) is 0 Å². The zero-order valence-corrected chi connectivity index (χ0v) is 14.8. The van der Waals surface area contributed by atoms with E-state index in [9.17, 15) is 5.11 Å². The molecule has 2 aromatic carbocycles. The summed E-state index contributed by atoms with van der Waals surface area (Å²) < 4.78 is 5.96. The molecular weight excluding hydrogens is 310 g/mol. The van der Waals surface area contributed by atoms with E-state index in [2.05, 4.69) is 36.5 Å². The Morgan fingerprint density at radius 1 is 1.04 bits per heavy atom. The zero-order chi connectivity index (χ0) is 16.0. The topological polar surface area (TPSA) is 41.5 Å². The van der Waals surface area contributed by atoms with Crippen molar-refractivity contribution in [3.63, 3.8) is 0 Å². The van der Waals surface area contributed by atoms with Gasteiger partial charge in [0.2, 0.25) is 0 Å². The van der Waals surface area contributed by atoms with Gasteiger partial charge in [-0.15, -0.1) is 12.4 Å². The maximum Gasteiger partial charge on any atom is 0.124 e. The molecule has 0 amide bonds. The Morgan fingerprint density at radius 2 is 1.70 bits per heavy atom. The van der Waals surface area contributed by atoms with Crippen molar-refractivity contribution in [2.45, 2.75) is 39.5 Å². The third-order valence-corrected chi connectivity index (χ3v) is 3.64. The van der Waals surface area contributed by atoms with Gasteiger partial charge in [-0.05, 0) is 32.4 Å². The molecule has 126 valence electrons. The van der Waals surface area contributed by atoms with E-state index in [4.69, 9.17) is 4.74 Å². The summed E-state index contributed by atoms with van der Waals surface area (Å²) >= 11 is 0. The summed E-state index contributed by atoms with van der Waals surface area (Å²) in [6, 6.07) is 16.4. The lowest BCUT2D eigenvalue weighted by Gasteiger charge is -2.24. The largest absolute Gasteiger partial charge is 0.489 e. The number of ether oxygens (including phenoxy) is 1. The standard InChI is InChI=1S/C19H25NO2.ClH/c1-15-8-10-16(11-9-15)13-22-18-7-5-4-6-17(18)12-20-19(2,3)14-21;/h4-11,20-21H,12-14H2,1-3H3;1H. The van der Waals surface area contributed by atoms with Gasteiger partial charge in [0.05, 0.1) is 6.61 Å². The lowest BCUT2D eigenvalue weighted by Crippen LogP contribution is -2.42. The van der Waals surface area contributed by atoms with Crippen molar-refractivity contribution < 1.29 is 9.84 Å². The Kier molecular flexibility index (Phi) is 7.56. The monoisotopic (exact) mass is 335 g/mol. The van der Waals surface area contributed by atoms with Crippen molar-refractivity contribution in [2.24, 2.45) is 0 Å². The first-order valence-electron chi connectivity index (χ1n) is 7.62. The second-order valence-electron chi connectivity index (χ2n) is 6.28. The Labute approximate surface area is 145 Å². The third kappa shape index (κ3) is 6.22. The molecule has 0 spiro atoms. The molecule has 0 atom stereocenters. The minimum Gasteiger partial charge on any atom is -0.489 e. The summed E-state index contributed by atoms with van der Waals surface area (Å²) in [5.74, 6) is 0.879. The molecule has 0 fully saturated rings. The molecular formula is C19H26ClNO2. The van der Waals surface area contributed by atoms with Crippen molar-refractivity contribution >= 4 is 12.4 Å². The van der Waals surface area contributed by atoms with Crippen molar-refractivity contribution in [3.05, 3.63) is 65.2 Å². The van der Waals surface area contributed by atoms with Crippen LogP contribution in [-0.4, -0.2) is 17.3 Å². The highest BCUT2D eigenvalue weighted by molar-refractivity contribution is 5.85. The highest BCUT2D eigenvalue weighted by Crippen LogP contribution is 2.20. The number of aryl methyl sites for hydroxylation is 1. The van der Waals surface area contributed by atoms with E-state index in [0.717, 1.165) is 16.9 Å². The van der Waals surface area contributed by atoms with E-state index >= 15 is 0 Å². The van der Waals surface area contributed by atoms with Crippen LogP contribution in [0.25, 0.3) is 0 Å². The molecule has 2 aromatic rings. The molecule has 0 radical (unpaired) electrons. The number of para-hydroxylation sites is 1. The molecule has 3 nitrogen and oxygen atoms in total. The van der Waals surface area contributed by atoms with Crippen LogP contribution in [0, 0.1) is 6.92 Å². The Bertz CT molecular complexity index is 597. The van der Waals surface area contributed by atoms with Crippen LogP contribution in [0.2, 0.25) is 0 Å². The Hall–Kier alpha value is -1.55. The first kappa shape index (κ1) is 19.5. The fourth-order valence-electron chi connectivity index (χ4n) is 2.03. The molecule has 0 unspecified atom stereocenters. The fraction of sp³-hybridized carbons (Fsp3) is 0.368. The number of aliphatic hydroxyl groups excluding tert-OH is 1. The van der Waals surface area contributed by atoms with Crippen molar-refractivity contribution in [2.75, 3.05) is 6.61 Å². The molecule has 0 aliphatic carbocycles. The van der Waals surface area contributed by atoms with Gasteiger partial charge >= 0.3 is 0 Å². The molecule has 0 aromatic heterocycles. The molecule has 0 heterocycles. The molecule has 0 bridgehead atoms. The molecule has 0 saturated heterocycles. The molecule has 2 rings (SSSR count). The molecule has 4 heteroatoms. The first-order chi connectivity index (χ1) is 10.5. The van der Waals surface area contributed by atoms with Gasteiger partial charge in [-0.2, -0.15) is 0 Å². The summed E-state index contributed by atoms with van der Waals surface area (Å²) in [5, 5.41) is 12.7. The van der Waals surface area contributed by atoms with Crippen LogP contribution < -0.4 is 10.1 Å². The summed E-state index contributed by atoms with van der Waals surface area (Å²) in [7, 11) is 0. The number of benzene rings is 2. The number of halogens is 1. The second-order valence-corrected chi connectivity index (χ2v) is 6.28. The van der Waals surface area contributed by atoms with Gasteiger partial charge in [-0.25, -0.2) is 0 Å². The van der Waals surface area contributed by atoms with Crippen molar-refractivity contribution in [3.8, 4) is 5.75 Å². The average molecular weight is 336 g/mol. The third-order valence-electron chi connectivity index (χ3n) is 3.64. The number of hydrogen-bond acceptors (Lipinski definition) is 3. The predicted octanol–water partition coefficient (Wildman–Crippen LogP) is 3.86.